The summed E-state index contributed by atoms with van der Waals surface area (Å²) in [6, 6.07) is 5.10. The predicted molar refractivity (Wildman–Crippen MR) is 129 cm³/mol. The molecule has 3 amide bonds. The first-order valence-corrected chi connectivity index (χ1v) is 13.5. The van der Waals surface area contributed by atoms with Gasteiger partial charge in [-0.25, -0.2) is 28.0 Å². The number of carbonyl (C=O) groups excluding carboxylic acids is 2. The highest BCUT2D eigenvalue weighted by Crippen LogP contribution is 2.44. The lowest BCUT2D eigenvalue weighted by molar-refractivity contribution is 0.0572. The molecule has 3 heterocycles. The topological polar surface area (TPSA) is 113 Å². The van der Waals surface area contributed by atoms with E-state index in [1.165, 1.54) is 20.9 Å². The molecule has 5 rings (SSSR count). The van der Waals surface area contributed by atoms with Crippen LogP contribution in [0.2, 0.25) is 0 Å². The quantitative estimate of drug-likeness (QED) is 0.591. The van der Waals surface area contributed by atoms with Gasteiger partial charge in [0.25, 0.3) is 0 Å². The Hall–Kier alpha value is -3.21. The molecule has 0 N–H and O–H groups in total. The SMILES string of the molecule is [2H]C1(N2Cc3cnc(S(C)(=O)=O)nc3N(C3CC3)C2=O)CCN(C(=O)OC(C)(C)C)c2ccccc21. The molecule has 0 saturated heterocycles. The van der Waals surface area contributed by atoms with Gasteiger partial charge in [-0.1, -0.05) is 18.2 Å². The van der Waals surface area contributed by atoms with Gasteiger partial charge in [0.1, 0.15) is 11.4 Å². The summed E-state index contributed by atoms with van der Waals surface area (Å²) in [5.41, 5.74) is 0.938. The minimum atomic E-state index is -3.66. The number of nitrogens with zero attached hydrogens (tertiary/aromatic N) is 5. The number of sulfone groups is 1. The van der Waals surface area contributed by atoms with E-state index in [-0.39, 0.29) is 36.5 Å². The maximum Gasteiger partial charge on any atom is 0.414 e. The van der Waals surface area contributed by atoms with Crippen molar-refractivity contribution in [3.8, 4) is 0 Å². The molecular formula is C24H29N5O5S. The van der Waals surface area contributed by atoms with E-state index in [0.29, 0.717) is 16.8 Å². The highest BCUT2D eigenvalue weighted by molar-refractivity contribution is 7.90. The number of ether oxygens (including phenoxy) is 1. The van der Waals surface area contributed by atoms with Gasteiger partial charge in [0.05, 0.1) is 19.6 Å². The number of aromatic nitrogens is 2. The highest BCUT2D eigenvalue weighted by atomic mass is 32.2. The number of rotatable bonds is 3. The van der Waals surface area contributed by atoms with Crippen LogP contribution in [0.5, 0.6) is 0 Å². The van der Waals surface area contributed by atoms with Crippen LogP contribution in [0.4, 0.5) is 21.1 Å². The molecule has 1 aromatic heterocycles. The first kappa shape index (κ1) is 22.3. The number of urea groups is 1. The molecule has 0 radical (unpaired) electrons. The molecule has 3 aliphatic rings. The lowest BCUT2D eigenvalue weighted by atomic mass is 9.94. The zero-order chi connectivity index (χ0) is 26.0. The first-order chi connectivity index (χ1) is 16.8. The van der Waals surface area contributed by atoms with Crippen molar-refractivity contribution in [2.24, 2.45) is 0 Å². The molecule has 1 atom stereocenters. The van der Waals surface area contributed by atoms with Crippen LogP contribution in [0.25, 0.3) is 0 Å². The molecule has 1 fully saturated rings. The predicted octanol–water partition coefficient (Wildman–Crippen LogP) is 3.67. The molecule has 35 heavy (non-hydrogen) atoms. The summed E-state index contributed by atoms with van der Waals surface area (Å²) in [6.45, 7) is 5.63. The summed E-state index contributed by atoms with van der Waals surface area (Å²) in [7, 11) is -3.66. The Morgan fingerprint density at radius 1 is 1.20 bits per heavy atom. The molecule has 2 aromatic rings. The molecule has 0 bridgehead atoms. The zero-order valence-corrected chi connectivity index (χ0v) is 21.0. The van der Waals surface area contributed by atoms with Crippen molar-refractivity contribution in [1.82, 2.24) is 14.9 Å². The van der Waals surface area contributed by atoms with E-state index in [4.69, 9.17) is 4.74 Å². The molecule has 11 heteroatoms. The normalized spacial score (nSPS) is 22.9. The van der Waals surface area contributed by atoms with Crippen LogP contribution in [0.15, 0.2) is 35.6 Å². The fourth-order valence-electron chi connectivity index (χ4n) is 4.43. The number of anilines is 2. The van der Waals surface area contributed by atoms with E-state index in [2.05, 4.69) is 9.97 Å². The number of hydrogen-bond donors (Lipinski definition) is 0. The van der Waals surface area contributed by atoms with Crippen molar-refractivity contribution >= 4 is 33.5 Å². The molecule has 0 spiro atoms. The molecule has 1 aromatic carbocycles. The smallest absolute Gasteiger partial charge is 0.414 e. The molecule has 1 saturated carbocycles. The Labute approximate surface area is 206 Å². The zero-order valence-electron chi connectivity index (χ0n) is 21.2. The fourth-order valence-corrected chi connectivity index (χ4v) is 4.92. The molecule has 2 aliphatic heterocycles. The summed E-state index contributed by atoms with van der Waals surface area (Å²) >= 11 is 0. The summed E-state index contributed by atoms with van der Waals surface area (Å²) in [4.78, 5) is 39.6. The first-order valence-electron chi connectivity index (χ1n) is 12.1. The Balaban J connectivity index is 1.56. The van der Waals surface area contributed by atoms with Gasteiger partial charge in [-0.2, -0.15) is 0 Å². The standard InChI is InChI=1S/C24H29N5O5S/c1-24(2,3)34-23(31)27-12-11-19(17-7-5-6-8-18(17)27)28-14-15-13-25-21(35(4,32)33)26-20(15)29(22(28)30)16-9-10-16/h5-8,13,16,19H,9-12,14H2,1-4H3/i19D. The number of carbonyl (C=O) groups is 2. The van der Waals surface area contributed by atoms with Gasteiger partial charge in [-0.05, 0) is 51.7 Å². The van der Waals surface area contributed by atoms with Crippen LogP contribution in [-0.4, -0.2) is 59.9 Å². The van der Waals surface area contributed by atoms with E-state index < -0.39 is 33.6 Å². The van der Waals surface area contributed by atoms with Crippen molar-refractivity contribution < 1.29 is 24.1 Å². The van der Waals surface area contributed by atoms with E-state index in [0.717, 1.165) is 19.1 Å². The Kier molecular flexibility index (Phi) is 5.21. The minimum Gasteiger partial charge on any atom is -0.443 e. The average molecular weight is 501 g/mol. The van der Waals surface area contributed by atoms with E-state index in [1.54, 1.807) is 45.0 Å². The third kappa shape index (κ3) is 4.44. The van der Waals surface area contributed by atoms with Crippen LogP contribution in [0, 0.1) is 0 Å². The number of amides is 3. The number of benzene rings is 1. The van der Waals surface area contributed by atoms with Gasteiger partial charge in [0.15, 0.2) is 0 Å². The van der Waals surface area contributed by atoms with Gasteiger partial charge in [0, 0.05) is 30.6 Å². The van der Waals surface area contributed by atoms with Gasteiger partial charge in [0.2, 0.25) is 15.0 Å². The van der Waals surface area contributed by atoms with E-state index in [1.807, 2.05) is 0 Å². The monoisotopic (exact) mass is 500 g/mol. The number of fused-ring (bicyclic) bond motifs is 2. The maximum atomic E-state index is 13.9. The maximum absolute atomic E-state index is 13.9. The van der Waals surface area contributed by atoms with Crippen LogP contribution >= 0.6 is 0 Å². The van der Waals surface area contributed by atoms with Gasteiger partial charge >= 0.3 is 12.1 Å². The summed E-state index contributed by atoms with van der Waals surface area (Å²) in [5.74, 6) is 0.289. The van der Waals surface area contributed by atoms with Crippen molar-refractivity contribution in [2.75, 3.05) is 22.6 Å². The van der Waals surface area contributed by atoms with Crippen LogP contribution < -0.4 is 9.80 Å². The Morgan fingerprint density at radius 2 is 1.91 bits per heavy atom. The second-order valence-electron chi connectivity index (χ2n) is 10.1. The van der Waals surface area contributed by atoms with Crippen molar-refractivity contribution in [2.45, 2.75) is 69.4 Å². The van der Waals surface area contributed by atoms with Gasteiger partial charge in [-0.3, -0.25) is 9.80 Å². The fraction of sp³-hybridized carbons (Fsp3) is 0.500. The lowest BCUT2D eigenvalue weighted by Gasteiger charge is -2.44. The van der Waals surface area contributed by atoms with E-state index >= 15 is 0 Å². The molecule has 10 nitrogen and oxygen atoms in total. The summed E-state index contributed by atoms with van der Waals surface area (Å²) < 4.78 is 39.2. The second kappa shape index (κ2) is 8.18. The van der Waals surface area contributed by atoms with E-state index in [9.17, 15) is 19.4 Å². The van der Waals surface area contributed by atoms with Gasteiger partial charge < -0.3 is 9.64 Å². The minimum absolute atomic E-state index is 0.0473. The number of hydrogen-bond acceptors (Lipinski definition) is 7. The summed E-state index contributed by atoms with van der Waals surface area (Å²) in [5, 5.41) is -0.329. The Bertz CT molecular complexity index is 1360. The largest absolute Gasteiger partial charge is 0.443 e. The lowest BCUT2D eigenvalue weighted by Crippen LogP contribution is -2.52. The van der Waals surface area contributed by atoms with Crippen LogP contribution in [0.1, 0.15) is 58.5 Å². The van der Waals surface area contributed by atoms with Crippen LogP contribution in [-0.2, 0) is 21.1 Å². The van der Waals surface area contributed by atoms with Crippen molar-refractivity contribution in [1.29, 1.82) is 0 Å². The summed E-state index contributed by atoms with van der Waals surface area (Å²) in [6.07, 6.45) is 3.66. The van der Waals surface area contributed by atoms with Crippen molar-refractivity contribution in [3.63, 3.8) is 0 Å². The van der Waals surface area contributed by atoms with Crippen molar-refractivity contribution in [3.05, 3.63) is 41.6 Å². The highest BCUT2D eigenvalue weighted by Gasteiger charge is 2.45. The molecule has 1 aliphatic carbocycles. The molecule has 1 unspecified atom stereocenters. The third-order valence-electron chi connectivity index (χ3n) is 6.07. The Morgan fingerprint density at radius 3 is 2.57 bits per heavy atom. The third-order valence-corrected chi connectivity index (χ3v) is 6.93. The average Bonchev–Trinajstić information content (AvgIpc) is 3.62. The molecule has 186 valence electrons. The second-order valence-corrected chi connectivity index (χ2v) is 12.0. The van der Waals surface area contributed by atoms with Gasteiger partial charge in [-0.15, -0.1) is 0 Å². The van der Waals surface area contributed by atoms with Crippen LogP contribution in [0.3, 0.4) is 0 Å². The number of para-hydroxylation sites is 1. The molecular weight excluding hydrogens is 470 g/mol.